The maximum atomic E-state index is 5.67. The van der Waals surface area contributed by atoms with Crippen LogP contribution in [0.4, 0.5) is 0 Å². The minimum absolute atomic E-state index is 0.184. The number of para-hydroxylation sites is 1. The Bertz CT molecular complexity index is 417. The van der Waals surface area contributed by atoms with E-state index in [4.69, 9.17) is 9.47 Å². The summed E-state index contributed by atoms with van der Waals surface area (Å²) in [6.07, 6.45) is 4.11. The lowest BCUT2D eigenvalue weighted by Gasteiger charge is -2.32. The van der Waals surface area contributed by atoms with Crippen molar-refractivity contribution in [2.75, 3.05) is 13.8 Å². The zero-order chi connectivity index (χ0) is 10.3. The number of methoxy groups -OCH3 is 1. The van der Waals surface area contributed by atoms with Crippen LogP contribution in [-0.2, 0) is 0 Å². The minimum atomic E-state index is 0.184. The van der Waals surface area contributed by atoms with Gasteiger partial charge in [0.2, 0.25) is 0 Å². The van der Waals surface area contributed by atoms with Crippen LogP contribution in [0, 0.1) is 0 Å². The molecule has 1 N–H and O–H groups in total. The van der Waals surface area contributed by atoms with Gasteiger partial charge in [-0.3, -0.25) is 0 Å². The van der Waals surface area contributed by atoms with Crippen LogP contribution in [0.15, 0.2) is 30.6 Å². The highest BCUT2D eigenvalue weighted by Crippen LogP contribution is 2.40. The molecule has 1 aromatic carbocycles. The molecule has 0 bridgehead atoms. The molecule has 2 heterocycles. The Morgan fingerprint density at radius 3 is 3.33 bits per heavy atom. The second-order valence-corrected chi connectivity index (χ2v) is 3.55. The molecule has 1 atom stereocenters. The van der Waals surface area contributed by atoms with Crippen LogP contribution in [0.3, 0.4) is 0 Å². The molecule has 1 aromatic rings. The average molecular weight is 204 g/mol. The zero-order valence-electron chi connectivity index (χ0n) is 8.43. The molecule has 2 aliphatic heterocycles. The van der Waals surface area contributed by atoms with Crippen LogP contribution in [0.2, 0.25) is 0 Å². The van der Waals surface area contributed by atoms with E-state index in [9.17, 15) is 0 Å². The molecule has 0 fully saturated rings. The molecule has 0 aromatic heterocycles. The van der Waals surface area contributed by atoms with Crippen molar-refractivity contribution in [3.8, 4) is 11.5 Å². The topological polar surface area (TPSA) is 33.7 Å². The molecule has 78 valence electrons. The van der Waals surface area contributed by atoms with Gasteiger partial charge in [0.15, 0.2) is 18.2 Å². The fourth-order valence-corrected chi connectivity index (χ4v) is 2.00. The highest BCUT2D eigenvalue weighted by atomic mass is 16.5. The first-order chi connectivity index (χ1) is 7.40. The van der Waals surface area contributed by atoms with Crippen molar-refractivity contribution in [3.05, 3.63) is 36.2 Å². The maximum Gasteiger partial charge on any atom is 0.170 e. The van der Waals surface area contributed by atoms with Gasteiger partial charge in [-0.1, -0.05) is 12.1 Å². The van der Waals surface area contributed by atoms with Crippen LogP contribution in [-0.4, -0.2) is 18.7 Å². The van der Waals surface area contributed by atoms with E-state index in [1.54, 1.807) is 7.11 Å². The molecule has 1 unspecified atom stereocenters. The lowest BCUT2D eigenvalue weighted by Crippen LogP contribution is -2.34. The standard InChI is InChI=1S/C11H12N2O2/c1-14-9-4-2-3-8-10(9)15-7-13-6-5-12-11(8)13/h2-6,11-12H,7H2,1H3. The van der Waals surface area contributed by atoms with Crippen molar-refractivity contribution in [1.29, 1.82) is 0 Å². The van der Waals surface area contributed by atoms with Crippen LogP contribution in [0.1, 0.15) is 11.7 Å². The van der Waals surface area contributed by atoms with Gasteiger partial charge in [-0.25, -0.2) is 0 Å². The van der Waals surface area contributed by atoms with Gasteiger partial charge in [0.05, 0.1) is 7.11 Å². The Kier molecular flexibility index (Phi) is 1.74. The number of rotatable bonds is 1. The summed E-state index contributed by atoms with van der Waals surface area (Å²) in [7, 11) is 1.66. The third kappa shape index (κ3) is 1.14. The normalized spacial score (nSPS) is 21.4. The fraction of sp³-hybridized carbons (Fsp3) is 0.273. The highest BCUT2D eigenvalue weighted by Gasteiger charge is 2.30. The minimum Gasteiger partial charge on any atom is -0.493 e. The molecule has 4 heteroatoms. The van der Waals surface area contributed by atoms with Gasteiger partial charge >= 0.3 is 0 Å². The van der Waals surface area contributed by atoms with E-state index in [2.05, 4.69) is 16.3 Å². The summed E-state index contributed by atoms with van der Waals surface area (Å²) >= 11 is 0. The Balaban J connectivity index is 2.08. The summed E-state index contributed by atoms with van der Waals surface area (Å²) in [6.45, 7) is 0.557. The molecule has 0 radical (unpaired) electrons. The molecule has 4 nitrogen and oxygen atoms in total. The molecular weight excluding hydrogens is 192 g/mol. The Hall–Kier alpha value is -1.84. The number of nitrogens with one attached hydrogen (secondary N) is 1. The summed E-state index contributed by atoms with van der Waals surface area (Å²) in [5.41, 5.74) is 1.12. The van der Waals surface area contributed by atoms with E-state index in [1.807, 2.05) is 24.5 Å². The predicted octanol–water partition coefficient (Wildman–Crippen LogP) is 1.42. The molecule has 2 aliphatic rings. The Morgan fingerprint density at radius 1 is 1.53 bits per heavy atom. The van der Waals surface area contributed by atoms with Crippen molar-refractivity contribution < 1.29 is 9.47 Å². The first-order valence-corrected chi connectivity index (χ1v) is 4.88. The fourth-order valence-electron chi connectivity index (χ4n) is 2.00. The predicted molar refractivity (Wildman–Crippen MR) is 55.3 cm³/mol. The molecule has 0 amide bonds. The second-order valence-electron chi connectivity index (χ2n) is 3.55. The largest absolute Gasteiger partial charge is 0.493 e. The van der Waals surface area contributed by atoms with Crippen molar-refractivity contribution in [2.45, 2.75) is 6.17 Å². The van der Waals surface area contributed by atoms with Gasteiger partial charge in [-0.2, -0.15) is 0 Å². The molecule has 0 spiro atoms. The highest BCUT2D eigenvalue weighted by molar-refractivity contribution is 5.49. The molecule has 0 aliphatic carbocycles. The number of benzene rings is 1. The van der Waals surface area contributed by atoms with E-state index in [0.29, 0.717) is 6.73 Å². The van der Waals surface area contributed by atoms with Crippen molar-refractivity contribution >= 4 is 0 Å². The van der Waals surface area contributed by atoms with Crippen molar-refractivity contribution in [1.82, 2.24) is 10.2 Å². The van der Waals surface area contributed by atoms with E-state index < -0.39 is 0 Å². The van der Waals surface area contributed by atoms with Gasteiger partial charge in [0, 0.05) is 18.0 Å². The van der Waals surface area contributed by atoms with Crippen LogP contribution in [0.25, 0.3) is 0 Å². The monoisotopic (exact) mass is 204 g/mol. The summed E-state index contributed by atoms with van der Waals surface area (Å²) in [5, 5.41) is 3.28. The first kappa shape index (κ1) is 8.47. The maximum absolute atomic E-state index is 5.67. The smallest absolute Gasteiger partial charge is 0.170 e. The summed E-state index contributed by atoms with van der Waals surface area (Å²) in [5.74, 6) is 1.64. The third-order valence-electron chi connectivity index (χ3n) is 2.73. The van der Waals surface area contributed by atoms with E-state index in [0.717, 1.165) is 17.1 Å². The van der Waals surface area contributed by atoms with Gasteiger partial charge in [0.1, 0.15) is 6.17 Å². The van der Waals surface area contributed by atoms with E-state index in [1.165, 1.54) is 0 Å². The lowest BCUT2D eigenvalue weighted by molar-refractivity contribution is 0.102. The summed E-state index contributed by atoms with van der Waals surface area (Å²) < 4.78 is 10.9. The number of fused-ring (bicyclic) bond motifs is 3. The van der Waals surface area contributed by atoms with E-state index >= 15 is 0 Å². The van der Waals surface area contributed by atoms with Crippen LogP contribution < -0.4 is 14.8 Å². The Labute approximate surface area is 88.1 Å². The van der Waals surface area contributed by atoms with Gasteiger partial charge in [-0.15, -0.1) is 0 Å². The number of hydrogen-bond donors (Lipinski definition) is 1. The molecule has 15 heavy (non-hydrogen) atoms. The molecule has 3 rings (SSSR count). The van der Waals surface area contributed by atoms with Gasteiger partial charge < -0.3 is 19.7 Å². The van der Waals surface area contributed by atoms with Crippen LogP contribution in [0.5, 0.6) is 11.5 Å². The van der Waals surface area contributed by atoms with E-state index in [-0.39, 0.29) is 6.17 Å². The quantitative estimate of drug-likeness (QED) is 0.750. The van der Waals surface area contributed by atoms with Crippen LogP contribution >= 0.6 is 0 Å². The SMILES string of the molecule is COc1cccc2c1OCN1C=CNC21. The third-order valence-corrected chi connectivity index (χ3v) is 2.73. The van der Waals surface area contributed by atoms with Gasteiger partial charge in [-0.05, 0) is 6.07 Å². The molecule has 0 saturated heterocycles. The lowest BCUT2D eigenvalue weighted by atomic mass is 10.1. The summed E-state index contributed by atoms with van der Waals surface area (Å²) in [4.78, 5) is 2.10. The van der Waals surface area contributed by atoms with Crippen molar-refractivity contribution in [2.24, 2.45) is 0 Å². The molecule has 0 saturated carbocycles. The number of hydrogen-bond acceptors (Lipinski definition) is 4. The second kappa shape index (κ2) is 3.08. The number of nitrogens with zero attached hydrogens (tertiary/aromatic N) is 1. The summed E-state index contributed by atoms with van der Waals surface area (Å²) in [6, 6.07) is 5.94. The zero-order valence-corrected chi connectivity index (χ0v) is 8.43. The molecular formula is C11H12N2O2. The number of ether oxygens (including phenoxy) is 2. The Morgan fingerprint density at radius 2 is 2.47 bits per heavy atom. The van der Waals surface area contributed by atoms with Gasteiger partial charge in [0.25, 0.3) is 0 Å². The first-order valence-electron chi connectivity index (χ1n) is 4.88. The van der Waals surface area contributed by atoms with Crippen molar-refractivity contribution in [3.63, 3.8) is 0 Å². The average Bonchev–Trinajstić information content (AvgIpc) is 2.76.